The van der Waals surface area contributed by atoms with Crippen LogP contribution in [0, 0.1) is 11.3 Å². The van der Waals surface area contributed by atoms with Gasteiger partial charge in [-0.3, -0.25) is 4.79 Å². The van der Waals surface area contributed by atoms with Gasteiger partial charge in [-0.2, -0.15) is 5.26 Å². The fourth-order valence-electron chi connectivity index (χ4n) is 2.27. The number of nitrogens with zero attached hydrogens (tertiary/aromatic N) is 2. The number of para-hydroxylation sites is 1. The van der Waals surface area contributed by atoms with Crippen molar-refractivity contribution in [1.29, 1.82) is 5.26 Å². The Balaban J connectivity index is 2.03. The zero-order chi connectivity index (χ0) is 13.8. The van der Waals surface area contributed by atoms with Crippen molar-refractivity contribution in [1.82, 2.24) is 5.32 Å². The van der Waals surface area contributed by atoms with Crippen molar-refractivity contribution in [3.05, 3.63) is 29.8 Å². The number of nitrogens with two attached hydrogens (primary N) is 1. The van der Waals surface area contributed by atoms with Crippen LogP contribution in [0.2, 0.25) is 0 Å². The van der Waals surface area contributed by atoms with E-state index < -0.39 is 6.04 Å². The van der Waals surface area contributed by atoms with E-state index in [2.05, 4.69) is 16.3 Å². The Kier molecular flexibility index (Phi) is 4.03. The summed E-state index contributed by atoms with van der Waals surface area (Å²) in [6, 6.07) is 9.34. The number of carbonyl (C=O) groups excluding carboxylic acids is 1. The van der Waals surface area contributed by atoms with Gasteiger partial charge in [0.15, 0.2) is 0 Å². The largest absolute Gasteiger partial charge is 0.368 e. The van der Waals surface area contributed by atoms with Crippen LogP contribution < -0.4 is 16.0 Å². The molecule has 0 aromatic heterocycles. The first-order valence-electron chi connectivity index (χ1n) is 6.42. The number of rotatable bonds is 3. The lowest BCUT2D eigenvalue weighted by Gasteiger charge is -2.20. The van der Waals surface area contributed by atoms with Crippen LogP contribution in [0.1, 0.15) is 18.9 Å². The molecular weight excluding hydrogens is 240 g/mol. The van der Waals surface area contributed by atoms with Crippen LogP contribution in [-0.2, 0) is 4.79 Å². The first-order valence-corrected chi connectivity index (χ1v) is 6.42. The first kappa shape index (κ1) is 13.4. The highest BCUT2D eigenvalue weighted by atomic mass is 16.2. The summed E-state index contributed by atoms with van der Waals surface area (Å²) in [6.07, 6.45) is 0.873. The Bertz CT molecular complexity index is 506. The van der Waals surface area contributed by atoms with Gasteiger partial charge in [0.1, 0.15) is 6.07 Å². The average Bonchev–Trinajstić information content (AvgIpc) is 2.86. The van der Waals surface area contributed by atoms with Crippen molar-refractivity contribution >= 4 is 11.6 Å². The standard InChI is InChI=1S/C14H18N4O/c1-10(16)14(19)17-12-6-7-18(9-12)13-5-3-2-4-11(13)8-15/h2-5,10,12H,6-7,9,16H2,1H3,(H,17,19). The van der Waals surface area contributed by atoms with Gasteiger partial charge in [0.2, 0.25) is 5.91 Å². The predicted octanol–water partition coefficient (Wildman–Crippen LogP) is 0.600. The summed E-state index contributed by atoms with van der Waals surface area (Å²) in [6.45, 7) is 3.23. The molecule has 5 nitrogen and oxygen atoms in total. The van der Waals surface area contributed by atoms with Gasteiger partial charge in [0, 0.05) is 19.1 Å². The Morgan fingerprint density at radius 1 is 1.58 bits per heavy atom. The molecule has 1 aromatic rings. The molecule has 1 aliphatic heterocycles. The van der Waals surface area contributed by atoms with E-state index in [1.54, 1.807) is 6.92 Å². The van der Waals surface area contributed by atoms with E-state index >= 15 is 0 Å². The Morgan fingerprint density at radius 2 is 2.32 bits per heavy atom. The van der Waals surface area contributed by atoms with E-state index in [0.29, 0.717) is 5.56 Å². The number of amides is 1. The van der Waals surface area contributed by atoms with Crippen LogP contribution in [0.5, 0.6) is 0 Å². The SMILES string of the molecule is CC(N)C(=O)NC1CCN(c2ccccc2C#N)C1. The molecule has 2 unspecified atom stereocenters. The van der Waals surface area contributed by atoms with E-state index in [1.807, 2.05) is 24.3 Å². The van der Waals surface area contributed by atoms with Crippen LogP contribution in [-0.4, -0.2) is 31.1 Å². The third kappa shape index (κ3) is 3.04. The normalized spacial score (nSPS) is 19.8. The second-order valence-corrected chi connectivity index (χ2v) is 4.86. The molecule has 0 radical (unpaired) electrons. The fourth-order valence-corrected chi connectivity index (χ4v) is 2.27. The summed E-state index contributed by atoms with van der Waals surface area (Å²) < 4.78 is 0. The molecule has 0 saturated carbocycles. The van der Waals surface area contributed by atoms with Crippen LogP contribution in [0.25, 0.3) is 0 Å². The highest BCUT2D eigenvalue weighted by Gasteiger charge is 2.25. The summed E-state index contributed by atoms with van der Waals surface area (Å²) in [5, 5.41) is 12.0. The third-order valence-electron chi connectivity index (χ3n) is 3.31. The summed E-state index contributed by atoms with van der Waals surface area (Å²) in [5.74, 6) is -0.125. The van der Waals surface area contributed by atoms with E-state index in [0.717, 1.165) is 25.2 Å². The molecule has 2 atom stereocenters. The molecule has 5 heteroatoms. The topological polar surface area (TPSA) is 82.2 Å². The number of benzene rings is 1. The van der Waals surface area contributed by atoms with Gasteiger partial charge in [-0.15, -0.1) is 0 Å². The van der Waals surface area contributed by atoms with Crippen molar-refractivity contribution in [2.45, 2.75) is 25.4 Å². The molecule has 19 heavy (non-hydrogen) atoms. The number of anilines is 1. The summed E-state index contributed by atoms with van der Waals surface area (Å²) >= 11 is 0. The lowest BCUT2D eigenvalue weighted by molar-refractivity contribution is -0.122. The van der Waals surface area contributed by atoms with Crippen molar-refractivity contribution < 1.29 is 4.79 Å². The smallest absolute Gasteiger partial charge is 0.236 e. The van der Waals surface area contributed by atoms with Gasteiger partial charge in [-0.25, -0.2) is 0 Å². The van der Waals surface area contributed by atoms with Gasteiger partial charge >= 0.3 is 0 Å². The molecule has 1 amide bonds. The molecule has 3 N–H and O–H groups in total. The molecule has 1 aromatic carbocycles. The van der Waals surface area contributed by atoms with E-state index in [-0.39, 0.29) is 11.9 Å². The van der Waals surface area contributed by atoms with Gasteiger partial charge in [0.05, 0.1) is 17.3 Å². The Labute approximate surface area is 113 Å². The number of nitriles is 1. The maximum Gasteiger partial charge on any atom is 0.236 e. The Morgan fingerprint density at radius 3 is 3.00 bits per heavy atom. The number of carbonyl (C=O) groups is 1. The van der Waals surface area contributed by atoms with Gasteiger partial charge in [-0.05, 0) is 25.5 Å². The molecule has 0 aliphatic carbocycles. The number of hydrogen-bond acceptors (Lipinski definition) is 4. The zero-order valence-corrected chi connectivity index (χ0v) is 11.0. The predicted molar refractivity (Wildman–Crippen MR) is 73.6 cm³/mol. The monoisotopic (exact) mass is 258 g/mol. The van der Waals surface area contributed by atoms with Gasteiger partial charge in [-0.1, -0.05) is 12.1 Å². The zero-order valence-electron chi connectivity index (χ0n) is 11.0. The average molecular weight is 258 g/mol. The van der Waals surface area contributed by atoms with E-state index in [1.165, 1.54) is 0 Å². The van der Waals surface area contributed by atoms with Crippen LogP contribution >= 0.6 is 0 Å². The molecule has 2 rings (SSSR count). The molecule has 1 aliphatic rings. The number of hydrogen-bond donors (Lipinski definition) is 2. The maximum absolute atomic E-state index is 11.6. The minimum Gasteiger partial charge on any atom is -0.368 e. The van der Waals surface area contributed by atoms with Crippen molar-refractivity contribution in [3.63, 3.8) is 0 Å². The second kappa shape index (κ2) is 5.72. The molecular formula is C14H18N4O. The molecule has 0 spiro atoms. The molecule has 100 valence electrons. The quantitative estimate of drug-likeness (QED) is 0.831. The van der Waals surface area contributed by atoms with E-state index in [9.17, 15) is 4.79 Å². The lowest BCUT2D eigenvalue weighted by Crippen LogP contribution is -2.44. The Hall–Kier alpha value is -2.06. The molecule has 1 heterocycles. The van der Waals surface area contributed by atoms with Gasteiger partial charge < -0.3 is 16.0 Å². The highest BCUT2D eigenvalue weighted by molar-refractivity contribution is 5.81. The minimum absolute atomic E-state index is 0.102. The minimum atomic E-state index is -0.486. The fraction of sp³-hybridized carbons (Fsp3) is 0.429. The highest BCUT2D eigenvalue weighted by Crippen LogP contribution is 2.23. The maximum atomic E-state index is 11.6. The summed E-state index contributed by atoms with van der Waals surface area (Å²) in [5.41, 5.74) is 7.14. The molecule has 0 bridgehead atoms. The number of nitrogens with one attached hydrogen (secondary N) is 1. The summed E-state index contributed by atoms with van der Waals surface area (Å²) in [7, 11) is 0. The van der Waals surface area contributed by atoms with E-state index in [4.69, 9.17) is 11.0 Å². The molecule has 1 fully saturated rings. The molecule has 1 saturated heterocycles. The van der Waals surface area contributed by atoms with Crippen molar-refractivity contribution in [2.75, 3.05) is 18.0 Å². The van der Waals surface area contributed by atoms with Gasteiger partial charge in [0.25, 0.3) is 0 Å². The van der Waals surface area contributed by atoms with Crippen LogP contribution in [0.3, 0.4) is 0 Å². The third-order valence-corrected chi connectivity index (χ3v) is 3.31. The lowest BCUT2D eigenvalue weighted by atomic mass is 10.2. The first-order chi connectivity index (χ1) is 9.11. The summed E-state index contributed by atoms with van der Waals surface area (Å²) in [4.78, 5) is 13.7. The second-order valence-electron chi connectivity index (χ2n) is 4.86. The van der Waals surface area contributed by atoms with Crippen molar-refractivity contribution in [3.8, 4) is 6.07 Å². The van der Waals surface area contributed by atoms with Crippen molar-refractivity contribution in [2.24, 2.45) is 5.73 Å². The van der Waals surface area contributed by atoms with Crippen LogP contribution in [0.4, 0.5) is 5.69 Å². The van der Waals surface area contributed by atoms with Crippen LogP contribution in [0.15, 0.2) is 24.3 Å².